The van der Waals surface area contributed by atoms with Crippen molar-refractivity contribution in [3.05, 3.63) is 71.2 Å². The molecule has 4 heteroatoms. The number of hydrogen-bond donors (Lipinski definition) is 2. The molecule has 120 valence electrons. The van der Waals surface area contributed by atoms with Gasteiger partial charge in [-0.15, -0.1) is 0 Å². The third-order valence-corrected chi connectivity index (χ3v) is 4.99. The van der Waals surface area contributed by atoms with E-state index >= 15 is 0 Å². The lowest BCUT2D eigenvalue weighted by Crippen LogP contribution is -1.93. The first kappa shape index (κ1) is 16.8. The topological polar surface area (TPSA) is 40.5 Å². The van der Waals surface area contributed by atoms with Gasteiger partial charge in [-0.2, -0.15) is 0 Å². The minimum Gasteiger partial charge on any atom is -0.507 e. The molecule has 0 radical (unpaired) electrons. The second-order valence-electron chi connectivity index (χ2n) is 5.33. The van der Waals surface area contributed by atoms with Gasteiger partial charge in [0.2, 0.25) is 0 Å². The van der Waals surface area contributed by atoms with Crippen LogP contribution >= 0.6 is 31.9 Å². The zero-order valence-electron chi connectivity index (χ0n) is 12.7. The second kappa shape index (κ2) is 6.46. The quantitative estimate of drug-likeness (QED) is 0.471. The second-order valence-corrected chi connectivity index (χ2v) is 7.14. The maximum absolute atomic E-state index is 10.6. The Balaban J connectivity index is 2.56. The summed E-state index contributed by atoms with van der Waals surface area (Å²) in [6.45, 7) is 7.78. The Morgan fingerprint density at radius 2 is 1.62 bits per heavy atom. The number of fused-ring (bicyclic) bond motifs is 1. The van der Waals surface area contributed by atoms with Crippen molar-refractivity contribution in [2.75, 3.05) is 0 Å². The van der Waals surface area contributed by atoms with Crippen LogP contribution in [0, 0.1) is 0 Å². The average molecular weight is 446 g/mol. The average Bonchev–Trinajstić information content (AvgIpc) is 2.55. The van der Waals surface area contributed by atoms with Gasteiger partial charge in [0.1, 0.15) is 11.5 Å². The summed E-state index contributed by atoms with van der Waals surface area (Å²) in [4.78, 5) is 0. The van der Waals surface area contributed by atoms with Gasteiger partial charge in [-0.3, -0.25) is 0 Å². The third-order valence-electron chi connectivity index (χ3n) is 3.93. The van der Waals surface area contributed by atoms with E-state index in [2.05, 4.69) is 45.0 Å². The van der Waals surface area contributed by atoms with E-state index in [4.69, 9.17) is 0 Å². The normalized spacial score (nSPS) is 10.8. The zero-order chi connectivity index (χ0) is 17.4. The Bertz CT molecular complexity index is 991. The number of aromatic hydroxyl groups is 2. The number of hydrogen-bond acceptors (Lipinski definition) is 2. The Kier molecular flexibility index (Phi) is 4.52. The molecule has 0 bridgehead atoms. The summed E-state index contributed by atoms with van der Waals surface area (Å²) in [6, 6.07) is 12.6. The molecule has 0 aromatic heterocycles. The molecule has 0 aliphatic carbocycles. The Labute approximate surface area is 157 Å². The fourth-order valence-corrected chi connectivity index (χ4v) is 3.91. The van der Waals surface area contributed by atoms with E-state index in [1.165, 1.54) is 0 Å². The van der Waals surface area contributed by atoms with Crippen LogP contribution in [-0.4, -0.2) is 10.2 Å². The summed E-state index contributed by atoms with van der Waals surface area (Å²) in [5.41, 5.74) is 2.58. The number of phenols is 2. The molecule has 0 aliphatic rings. The molecule has 0 aliphatic heterocycles. The van der Waals surface area contributed by atoms with E-state index in [0.717, 1.165) is 20.8 Å². The highest BCUT2D eigenvalue weighted by molar-refractivity contribution is 9.15. The third kappa shape index (κ3) is 2.66. The first-order valence-corrected chi connectivity index (χ1v) is 8.78. The summed E-state index contributed by atoms with van der Waals surface area (Å²) in [7, 11) is 0. The molecular weight excluding hydrogens is 432 g/mol. The van der Waals surface area contributed by atoms with Gasteiger partial charge in [0, 0.05) is 31.0 Å². The SMILES string of the molecule is C=Cc1ccc(O)c(-c2c(O)ccc3cccc(Br)c23)c1C(=C)Br. The number of benzene rings is 3. The van der Waals surface area contributed by atoms with Crippen LogP contribution in [0.4, 0.5) is 0 Å². The highest BCUT2D eigenvalue weighted by Crippen LogP contribution is 2.48. The minimum absolute atomic E-state index is 0.0646. The van der Waals surface area contributed by atoms with Crippen molar-refractivity contribution >= 4 is 53.2 Å². The van der Waals surface area contributed by atoms with Crippen molar-refractivity contribution in [1.82, 2.24) is 0 Å². The van der Waals surface area contributed by atoms with Gasteiger partial charge >= 0.3 is 0 Å². The summed E-state index contributed by atoms with van der Waals surface area (Å²) in [5.74, 6) is 0.149. The van der Waals surface area contributed by atoms with Crippen LogP contribution in [0.1, 0.15) is 11.1 Å². The van der Waals surface area contributed by atoms with E-state index < -0.39 is 0 Å². The van der Waals surface area contributed by atoms with Gasteiger partial charge in [0.15, 0.2) is 0 Å². The smallest absolute Gasteiger partial charge is 0.124 e. The van der Waals surface area contributed by atoms with Gasteiger partial charge in [0.05, 0.1) is 0 Å². The molecule has 0 unspecified atom stereocenters. The molecule has 0 heterocycles. The summed E-state index contributed by atoms with van der Waals surface area (Å²) >= 11 is 6.97. The lowest BCUT2D eigenvalue weighted by atomic mass is 9.90. The molecule has 3 aromatic carbocycles. The predicted molar refractivity (Wildman–Crippen MR) is 108 cm³/mol. The van der Waals surface area contributed by atoms with Crippen LogP contribution in [0.2, 0.25) is 0 Å². The molecular formula is C20H14Br2O2. The van der Waals surface area contributed by atoms with E-state index in [-0.39, 0.29) is 11.5 Å². The largest absolute Gasteiger partial charge is 0.507 e. The first-order chi connectivity index (χ1) is 11.5. The van der Waals surface area contributed by atoms with Crippen LogP contribution in [0.5, 0.6) is 11.5 Å². The zero-order valence-corrected chi connectivity index (χ0v) is 15.9. The Hall–Kier alpha value is -2.04. The monoisotopic (exact) mass is 444 g/mol. The van der Waals surface area contributed by atoms with Crippen molar-refractivity contribution < 1.29 is 10.2 Å². The van der Waals surface area contributed by atoms with Crippen molar-refractivity contribution in [1.29, 1.82) is 0 Å². The highest BCUT2D eigenvalue weighted by Gasteiger charge is 2.21. The Morgan fingerprint density at radius 1 is 0.958 bits per heavy atom. The van der Waals surface area contributed by atoms with Gasteiger partial charge in [-0.25, -0.2) is 0 Å². The maximum Gasteiger partial charge on any atom is 0.124 e. The van der Waals surface area contributed by atoms with Gasteiger partial charge in [-0.1, -0.05) is 75.4 Å². The van der Waals surface area contributed by atoms with Gasteiger partial charge in [-0.05, 0) is 29.1 Å². The van der Waals surface area contributed by atoms with E-state index in [1.807, 2.05) is 24.3 Å². The van der Waals surface area contributed by atoms with Crippen molar-refractivity contribution in [3.8, 4) is 22.6 Å². The summed E-state index contributed by atoms with van der Waals surface area (Å²) in [5, 5.41) is 22.9. The molecule has 2 N–H and O–H groups in total. The predicted octanol–water partition coefficient (Wildman–Crippen LogP) is 6.69. The van der Waals surface area contributed by atoms with Crippen LogP contribution in [-0.2, 0) is 0 Å². The Morgan fingerprint density at radius 3 is 2.29 bits per heavy atom. The van der Waals surface area contributed by atoms with E-state index in [1.54, 1.807) is 24.3 Å². The van der Waals surface area contributed by atoms with Crippen LogP contribution < -0.4 is 0 Å². The number of phenolic OH excluding ortho intramolecular Hbond substituents is 2. The van der Waals surface area contributed by atoms with Crippen LogP contribution in [0.15, 0.2) is 60.1 Å². The van der Waals surface area contributed by atoms with E-state index in [9.17, 15) is 10.2 Å². The van der Waals surface area contributed by atoms with Crippen LogP contribution in [0.25, 0.3) is 32.5 Å². The maximum atomic E-state index is 10.6. The van der Waals surface area contributed by atoms with Gasteiger partial charge in [0.25, 0.3) is 0 Å². The molecule has 0 saturated carbocycles. The summed E-state index contributed by atoms with van der Waals surface area (Å²) < 4.78 is 1.44. The van der Waals surface area contributed by atoms with Crippen molar-refractivity contribution in [2.45, 2.75) is 0 Å². The molecule has 0 spiro atoms. The minimum atomic E-state index is 0.0646. The molecule has 3 rings (SSSR count). The lowest BCUT2D eigenvalue weighted by molar-refractivity contribution is 0.469. The first-order valence-electron chi connectivity index (χ1n) is 7.19. The summed E-state index contributed by atoms with van der Waals surface area (Å²) in [6.07, 6.45) is 1.70. The van der Waals surface area contributed by atoms with Crippen LogP contribution in [0.3, 0.4) is 0 Å². The van der Waals surface area contributed by atoms with Crippen molar-refractivity contribution in [2.24, 2.45) is 0 Å². The molecule has 3 aromatic rings. The van der Waals surface area contributed by atoms with Gasteiger partial charge < -0.3 is 10.2 Å². The molecule has 0 fully saturated rings. The van der Waals surface area contributed by atoms with E-state index in [0.29, 0.717) is 21.2 Å². The fraction of sp³-hybridized carbons (Fsp3) is 0. The molecule has 0 amide bonds. The fourth-order valence-electron chi connectivity index (χ4n) is 2.90. The molecule has 2 nitrogen and oxygen atoms in total. The van der Waals surface area contributed by atoms with Crippen molar-refractivity contribution in [3.63, 3.8) is 0 Å². The molecule has 24 heavy (non-hydrogen) atoms. The lowest BCUT2D eigenvalue weighted by Gasteiger charge is -2.18. The number of rotatable bonds is 3. The molecule has 0 atom stereocenters. The standard InChI is InChI=1S/C20H14Br2O2/c1-3-12-7-9-15(23)19(17(12)11(2)21)20-16(24)10-8-13-5-4-6-14(22)18(13)20/h3-10,23-24H,1-2H2. The number of halogens is 2. The molecule has 0 saturated heterocycles. The highest BCUT2D eigenvalue weighted by atomic mass is 79.9.